The molecule has 2 heteroatoms. The van der Waals surface area contributed by atoms with Gasteiger partial charge in [-0.3, -0.25) is 0 Å². The summed E-state index contributed by atoms with van der Waals surface area (Å²) in [5.41, 5.74) is 2.58. The van der Waals surface area contributed by atoms with Gasteiger partial charge in [0.2, 0.25) is 0 Å². The van der Waals surface area contributed by atoms with Crippen LogP contribution in [0.25, 0.3) is 0 Å². The van der Waals surface area contributed by atoms with Crippen molar-refractivity contribution in [2.45, 2.75) is 65.5 Å². The maximum Gasteiger partial charge on any atom is 0.0607 e. The van der Waals surface area contributed by atoms with Gasteiger partial charge in [0.15, 0.2) is 0 Å². The lowest BCUT2D eigenvalue weighted by Gasteiger charge is -2.24. The van der Waals surface area contributed by atoms with Crippen LogP contribution in [0, 0.1) is 5.92 Å². The predicted molar refractivity (Wildman–Crippen MR) is 86.8 cm³/mol. The lowest BCUT2D eigenvalue weighted by atomic mass is 9.93. The minimum Gasteiger partial charge on any atom is -0.394 e. The average Bonchev–Trinajstić information content (AvgIpc) is 2.44. The van der Waals surface area contributed by atoms with Crippen molar-refractivity contribution in [2.24, 2.45) is 5.92 Å². The normalized spacial score (nSPS) is 13.4. The highest BCUT2D eigenvalue weighted by molar-refractivity contribution is 5.27. The Hall–Kier alpha value is -0.860. The zero-order chi connectivity index (χ0) is 15.0. The molecule has 114 valence electrons. The molecule has 0 aliphatic rings. The van der Waals surface area contributed by atoms with Crippen molar-refractivity contribution in [3.05, 3.63) is 35.4 Å². The molecule has 0 amide bonds. The van der Waals surface area contributed by atoms with Crippen molar-refractivity contribution in [1.29, 1.82) is 0 Å². The van der Waals surface area contributed by atoms with Gasteiger partial charge in [-0.2, -0.15) is 0 Å². The monoisotopic (exact) mass is 277 g/mol. The van der Waals surface area contributed by atoms with Gasteiger partial charge < -0.3 is 10.4 Å². The smallest absolute Gasteiger partial charge is 0.0607 e. The van der Waals surface area contributed by atoms with E-state index in [9.17, 15) is 5.11 Å². The standard InChI is InChI=1S/C18H31NO/c1-5-6-9-15(2)12-16-10-7-8-11-17(16)13-19-18(3,4)14-20/h7-8,10-11,15,19-20H,5-6,9,12-14H2,1-4H3/t15-/m0/s1. The number of hydrogen-bond acceptors (Lipinski definition) is 2. The molecule has 20 heavy (non-hydrogen) atoms. The Bertz CT molecular complexity index is 387. The van der Waals surface area contributed by atoms with E-state index in [2.05, 4.69) is 43.4 Å². The van der Waals surface area contributed by atoms with Gasteiger partial charge in [0.25, 0.3) is 0 Å². The number of aliphatic hydroxyl groups excluding tert-OH is 1. The van der Waals surface area contributed by atoms with E-state index in [1.54, 1.807) is 0 Å². The van der Waals surface area contributed by atoms with Crippen LogP contribution in [-0.4, -0.2) is 17.3 Å². The molecule has 0 bridgehead atoms. The Morgan fingerprint density at radius 1 is 1.20 bits per heavy atom. The van der Waals surface area contributed by atoms with E-state index in [0.29, 0.717) is 0 Å². The molecule has 2 N–H and O–H groups in total. The van der Waals surface area contributed by atoms with Gasteiger partial charge in [0, 0.05) is 12.1 Å². The van der Waals surface area contributed by atoms with E-state index in [0.717, 1.165) is 18.9 Å². The molecule has 1 rings (SSSR count). The molecule has 0 heterocycles. The van der Waals surface area contributed by atoms with E-state index < -0.39 is 0 Å². The quantitative estimate of drug-likeness (QED) is 0.717. The maximum atomic E-state index is 9.32. The first kappa shape index (κ1) is 17.2. The van der Waals surface area contributed by atoms with Gasteiger partial charge in [0.05, 0.1) is 6.61 Å². The molecule has 0 saturated heterocycles. The molecule has 0 unspecified atom stereocenters. The molecule has 0 aromatic heterocycles. The first-order valence-electron chi connectivity index (χ1n) is 7.91. The fraction of sp³-hybridized carbons (Fsp3) is 0.667. The van der Waals surface area contributed by atoms with E-state index in [1.807, 2.05) is 13.8 Å². The predicted octanol–water partition coefficient (Wildman–Crippen LogP) is 3.92. The lowest BCUT2D eigenvalue weighted by molar-refractivity contribution is 0.187. The van der Waals surface area contributed by atoms with Crippen molar-refractivity contribution in [3.8, 4) is 0 Å². The summed E-state index contributed by atoms with van der Waals surface area (Å²) in [6.45, 7) is 9.63. The summed E-state index contributed by atoms with van der Waals surface area (Å²) < 4.78 is 0. The number of rotatable bonds is 9. The Balaban J connectivity index is 2.63. The first-order chi connectivity index (χ1) is 9.48. The third-order valence-electron chi connectivity index (χ3n) is 3.89. The molecule has 1 aromatic carbocycles. The summed E-state index contributed by atoms with van der Waals surface area (Å²) in [5, 5.41) is 12.8. The Morgan fingerprint density at radius 2 is 1.85 bits per heavy atom. The molecule has 0 saturated carbocycles. The topological polar surface area (TPSA) is 32.3 Å². The van der Waals surface area contributed by atoms with Crippen LogP contribution >= 0.6 is 0 Å². The number of benzene rings is 1. The molecule has 2 nitrogen and oxygen atoms in total. The molecular formula is C18H31NO. The number of nitrogens with one attached hydrogen (secondary N) is 1. The Labute approximate surface area is 124 Å². The summed E-state index contributed by atoms with van der Waals surface area (Å²) in [4.78, 5) is 0. The molecule has 0 spiro atoms. The summed E-state index contributed by atoms with van der Waals surface area (Å²) in [6, 6.07) is 8.67. The third kappa shape index (κ3) is 6.06. The SMILES string of the molecule is CCCC[C@H](C)Cc1ccccc1CNC(C)(C)CO. The van der Waals surface area contributed by atoms with Gasteiger partial charge >= 0.3 is 0 Å². The molecule has 0 radical (unpaired) electrons. The van der Waals surface area contributed by atoms with Crippen LogP contribution < -0.4 is 5.32 Å². The highest BCUT2D eigenvalue weighted by Crippen LogP contribution is 2.18. The molecule has 1 atom stereocenters. The van der Waals surface area contributed by atoms with Crippen LogP contribution in [0.3, 0.4) is 0 Å². The molecular weight excluding hydrogens is 246 g/mol. The third-order valence-corrected chi connectivity index (χ3v) is 3.89. The second-order valence-electron chi connectivity index (χ2n) is 6.62. The second-order valence-corrected chi connectivity index (χ2v) is 6.62. The van der Waals surface area contributed by atoms with Crippen LogP contribution in [0.5, 0.6) is 0 Å². The van der Waals surface area contributed by atoms with E-state index in [4.69, 9.17) is 0 Å². The maximum absolute atomic E-state index is 9.32. The number of hydrogen-bond donors (Lipinski definition) is 2. The van der Waals surface area contributed by atoms with E-state index in [-0.39, 0.29) is 12.1 Å². The summed E-state index contributed by atoms with van der Waals surface area (Å²) in [6.07, 6.45) is 5.05. The van der Waals surface area contributed by atoms with Crippen LogP contribution in [0.1, 0.15) is 58.1 Å². The molecule has 0 fully saturated rings. The van der Waals surface area contributed by atoms with Gasteiger partial charge in [-0.05, 0) is 37.3 Å². The van der Waals surface area contributed by atoms with Crippen LogP contribution in [0.2, 0.25) is 0 Å². The molecule has 0 aliphatic heterocycles. The molecule has 0 aliphatic carbocycles. The van der Waals surface area contributed by atoms with Crippen molar-refractivity contribution >= 4 is 0 Å². The van der Waals surface area contributed by atoms with Crippen LogP contribution in [0.15, 0.2) is 24.3 Å². The first-order valence-corrected chi connectivity index (χ1v) is 7.91. The van der Waals surface area contributed by atoms with Gasteiger partial charge in [-0.15, -0.1) is 0 Å². The van der Waals surface area contributed by atoms with E-state index >= 15 is 0 Å². The molecule has 1 aromatic rings. The fourth-order valence-electron chi connectivity index (χ4n) is 2.35. The van der Waals surface area contributed by atoms with Crippen LogP contribution in [-0.2, 0) is 13.0 Å². The second kappa shape index (κ2) is 8.43. The van der Waals surface area contributed by atoms with Crippen molar-refractivity contribution in [3.63, 3.8) is 0 Å². The minimum absolute atomic E-state index is 0.155. The van der Waals surface area contributed by atoms with Crippen molar-refractivity contribution in [2.75, 3.05) is 6.61 Å². The minimum atomic E-state index is -0.221. The van der Waals surface area contributed by atoms with E-state index in [1.165, 1.54) is 30.4 Å². The summed E-state index contributed by atoms with van der Waals surface area (Å²) in [5.74, 6) is 0.738. The summed E-state index contributed by atoms with van der Waals surface area (Å²) in [7, 11) is 0. The fourth-order valence-corrected chi connectivity index (χ4v) is 2.35. The summed E-state index contributed by atoms with van der Waals surface area (Å²) >= 11 is 0. The number of unbranched alkanes of at least 4 members (excludes halogenated alkanes) is 1. The van der Waals surface area contributed by atoms with Gasteiger partial charge in [-0.1, -0.05) is 57.4 Å². The zero-order valence-corrected chi connectivity index (χ0v) is 13.6. The Kier molecular flexibility index (Phi) is 7.25. The highest BCUT2D eigenvalue weighted by atomic mass is 16.3. The zero-order valence-electron chi connectivity index (χ0n) is 13.6. The van der Waals surface area contributed by atoms with Crippen LogP contribution in [0.4, 0.5) is 0 Å². The van der Waals surface area contributed by atoms with Gasteiger partial charge in [-0.25, -0.2) is 0 Å². The average molecular weight is 277 g/mol. The van der Waals surface area contributed by atoms with Crippen molar-refractivity contribution in [1.82, 2.24) is 5.32 Å². The van der Waals surface area contributed by atoms with Gasteiger partial charge in [0.1, 0.15) is 0 Å². The highest BCUT2D eigenvalue weighted by Gasteiger charge is 2.16. The number of aliphatic hydroxyl groups is 1. The Morgan fingerprint density at radius 3 is 2.45 bits per heavy atom. The van der Waals surface area contributed by atoms with Crippen molar-refractivity contribution < 1.29 is 5.11 Å². The largest absolute Gasteiger partial charge is 0.394 e. The lowest BCUT2D eigenvalue weighted by Crippen LogP contribution is -2.42.